The lowest BCUT2D eigenvalue weighted by Crippen LogP contribution is -2.34. The summed E-state index contributed by atoms with van der Waals surface area (Å²) in [7, 11) is 0. The van der Waals surface area contributed by atoms with Crippen LogP contribution in [0.4, 0.5) is 10.9 Å². The predicted molar refractivity (Wildman–Crippen MR) is 126 cm³/mol. The molecule has 7 heteroatoms. The van der Waals surface area contributed by atoms with E-state index in [2.05, 4.69) is 34.3 Å². The highest BCUT2D eigenvalue weighted by Gasteiger charge is 2.18. The smallest absolute Gasteiger partial charge is 0.264 e. The number of amides is 1. The van der Waals surface area contributed by atoms with Crippen molar-refractivity contribution in [3.05, 3.63) is 54.6 Å². The number of thiazole rings is 1. The number of hydrogen-bond acceptors (Lipinski definition) is 6. The second kappa shape index (κ2) is 8.51. The lowest BCUT2D eigenvalue weighted by Gasteiger charge is -2.32. The summed E-state index contributed by atoms with van der Waals surface area (Å²) < 4.78 is 6.91. The number of piperidine rings is 1. The molecule has 1 unspecified atom stereocenters. The summed E-state index contributed by atoms with van der Waals surface area (Å²) in [6.45, 7) is 4.23. The van der Waals surface area contributed by atoms with Crippen LogP contribution in [0.3, 0.4) is 0 Å². The lowest BCUT2D eigenvalue weighted by atomic mass is 10.0. The van der Waals surface area contributed by atoms with E-state index in [0.717, 1.165) is 40.0 Å². The molecule has 0 aliphatic carbocycles. The fourth-order valence-electron chi connectivity index (χ4n) is 4.02. The Bertz CT molecular complexity index is 1210. The van der Waals surface area contributed by atoms with E-state index in [9.17, 15) is 4.79 Å². The number of anilines is 2. The van der Waals surface area contributed by atoms with Crippen LogP contribution in [0.5, 0.6) is 5.75 Å². The van der Waals surface area contributed by atoms with Crippen molar-refractivity contribution < 1.29 is 9.53 Å². The molecule has 2 aromatic heterocycles. The minimum Gasteiger partial charge on any atom is -0.481 e. The maximum atomic E-state index is 12.5. The van der Waals surface area contributed by atoms with Gasteiger partial charge in [-0.3, -0.25) is 10.1 Å². The van der Waals surface area contributed by atoms with Crippen LogP contribution < -0.4 is 15.0 Å². The van der Waals surface area contributed by atoms with Crippen molar-refractivity contribution in [3.63, 3.8) is 0 Å². The number of hydrogen-bond donors (Lipinski definition) is 1. The van der Waals surface area contributed by atoms with Crippen molar-refractivity contribution >= 4 is 49.3 Å². The third-order valence-corrected chi connectivity index (χ3v) is 6.50. The topological polar surface area (TPSA) is 67.3 Å². The summed E-state index contributed by atoms with van der Waals surface area (Å²) in [5.41, 5.74) is 1.66. The van der Waals surface area contributed by atoms with Crippen molar-refractivity contribution in [1.82, 2.24) is 9.97 Å². The van der Waals surface area contributed by atoms with E-state index in [1.165, 1.54) is 24.2 Å². The van der Waals surface area contributed by atoms with E-state index in [1.54, 1.807) is 0 Å². The van der Waals surface area contributed by atoms with Gasteiger partial charge in [-0.1, -0.05) is 42.5 Å². The third kappa shape index (κ3) is 4.32. The molecular weight excluding hydrogens is 408 g/mol. The Morgan fingerprint density at radius 1 is 1.16 bits per heavy atom. The molecule has 1 amide bonds. The van der Waals surface area contributed by atoms with Crippen molar-refractivity contribution in [3.8, 4) is 5.75 Å². The molecule has 4 aromatic rings. The monoisotopic (exact) mass is 432 g/mol. The van der Waals surface area contributed by atoms with Crippen LogP contribution in [0.1, 0.15) is 19.8 Å². The average molecular weight is 433 g/mol. The van der Waals surface area contributed by atoms with Crippen LogP contribution in [-0.4, -0.2) is 35.6 Å². The van der Waals surface area contributed by atoms with E-state index >= 15 is 0 Å². The molecule has 1 atom stereocenters. The Kier molecular flexibility index (Phi) is 5.42. The number of para-hydroxylation sites is 2. The number of benzene rings is 2. The summed E-state index contributed by atoms with van der Waals surface area (Å²) in [5.74, 6) is 2.01. The number of pyridine rings is 1. The van der Waals surface area contributed by atoms with Gasteiger partial charge in [0.25, 0.3) is 5.91 Å². The molecule has 1 N–H and O–H groups in total. The fourth-order valence-corrected chi connectivity index (χ4v) is 4.91. The Morgan fingerprint density at radius 3 is 2.94 bits per heavy atom. The van der Waals surface area contributed by atoms with E-state index in [-0.39, 0.29) is 12.5 Å². The first-order valence-corrected chi connectivity index (χ1v) is 11.4. The molecule has 1 saturated heterocycles. The van der Waals surface area contributed by atoms with Crippen LogP contribution in [0, 0.1) is 5.92 Å². The van der Waals surface area contributed by atoms with Gasteiger partial charge >= 0.3 is 0 Å². The second-order valence-electron chi connectivity index (χ2n) is 8.01. The van der Waals surface area contributed by atoms with Crippen LogP contribution in [0.25, 0.3) is 21.1 Å². The minimum absolute atomic E-state index is 0.0955. The van der Waals surface area contributed by atoms with Crippen molar-refractivity contribution in [2.24, 2.45) is 5.92 Å². The largest absolute Gasteiger partial charge is 0.481 e. The molecule has 158 valence electrons. The number of rotatable bonds is 5. The van der Waals surface area contributed by atoms with Crippen molar-refractivity contribution in [2.45, 2.75) is 19.8 Å². The van der Waals surface area contributed by atoms with Crippen LogP contribution in [-0.2, 0) is 4.79 Å². The van der Waals surface area contributed by atoms with E-state index < -0.39 is 0 Å². The normalized spacial score (nSPS) is 16.5. The number of carbonyl (C=O) groups excluding carboxylic acids is 1. The summed E-state index contributed by atoms with van der Waals surface area (Å²) in [5, 5.41) is 4.41. The average Bonchev–Trinajstić information content (AvgIpc) is 3.19. The molecule has 0 radical (unpaired) electrons. The molecule has 1 fully saturated rings. The standard InChI is InChI=1S/C24H24N4O2S/c1-16-6-5-13-28(14-16)21-12-11-17-7-4-9-19(23(17)26-21)30-15-22(29)27-24-25-18-8-2-3-10-20(18)31-24/h2-4,7-12,16H,5-6,13-15H2,1H3,(H,25,27,29). The molecule has 0 bridgehead atoms. The summed E-state index contributed by atoms with van der Waals surface area (Å²) in [6.07, 6.45) is 2.45. The van der Waals surface area contributed by atoms with Gasteiger partial charge in [0.15, 0.2) is 11.7 Å². The van der Waals surface area contributed by atoms with Gasteiger partial charge in [-0.25, -0.2) is 9.97 Å². The highest BCUT2D eigenvalue weighted by molar-refractivity contribution is 7.22. The first-order chi connectivity index (χ1) is 15.2. The van der Waals surface area contributed by atoms with Gasteiger partial charge in [-0.15, -0.1) is 0 Å². The molecular formula is C24H24N4O2S. The van der Waals surface area contributed by atoms with E-state index in [1.807, 2.05) is 42.5 Å². The molecule has 2 aromatic carbocycles. The van der Waals surface area contributed by atoms with Crippen LogP contribution >= 0.6 is 11.3 Å². The minimum atomic E-state index is -0.239. The Hall–Kier alpha value is -3.19. The molecule has 31 heavy (non-hydrogen) atoms. The van der Waals surface area contributed by atoms with Gasteiger partial charge < -0.3 is 9.64 Å². The van der Waals surface area contributed by atoms with Gasteiger partial charge in [0.2, 0.25) is 0 Å². The quantitative estimate of drug-likeness (QED) is 0.475. The first-order valence-electron chi connectivity index (χ1n) is 10.6. The molecule has 0 saturated carbocycles. The zero-order valence-electron chi connectivity index (χ0n) is 17.4. The molecule has 5 rings (SSSR count). The van der Waals surface area contributed by atoms with Gasteiger partial charge in [0.1, 0.15) is 17.1 Å². The Balaban J connectivity index is 1.31. The van der Waals surface area contributed by atoms with Crippen LogP contribution in [0.2, 0.25) is 0 Å². The molecule has 0 spiro atoms. The van der Waals surface area contributed by atoms with Crippen LogP contribution in [0.15, 0.2) is 54.6 Å². The van der Waals surface area contributed by atoms with E-state index in [0.29, 0.717) is 16.8 Å². The zero-order chi connectivity index (χ0) is 21.2. The van der Waals surface area contributed by atoms with E-state index in [4.69, 9.17) is 9.72 Å². The number of aromatic nitrogens is 2. The highest BCUT2D eigenvalue weighted by Crippen LogP contribution is 2.29. The number of fused-ring (bicyclic) bond motifs is 2. The van der Waals surface area contributed by atoms with Crippen molar-refractivity contribution in [2.75, 3.05) is 29.9 Å². The summed E-state index contributed by atoms with van der Waals surface area (Å²) >= 11 is 1.45. The van der Waals surface area contributed by atoms with Gasteiger partial charge in [-0.05, 0) is 49.1 Å². The molecule has 1 aliphatic rings. The third-order valence-electron chi connectivity index (χ3n) is 5.55. The van der Waals surface area contributed by atoms with Gasteiger partial charge in [0.05, 0.1) is 10.2 Å². The predicted octanol–water partition coefficient (Wildman–Crippen LogP) is 5.10. The first kappa shape index (κ1) is 19.8. The maximum Gasteiger partial charge on any atom is 0.264 e. The fraction of sp³-hybridized carbons (Fsp3) is 0.292. The Morgan fingerprint density at radius 2 is 2.06 bits per heavy atom. The number of ether oxygens (including phenoxy) is 1. The summed E-state index contributed by atoms with van der Waals surface area (Å²) in [4.78, 5) is 24.1. The number of carbonyl (C=O) groups is 1. The SMILES string of the molecule is CC1CCCN(c2ccc3cccc(OCC(=O)Nc4nc5ccccc5s4)c3n2)C1. The van der Waals surface area contributed by atoms with Gasteiger partial charge in [0, 0.05) is 18.5 Å². The zero-order valence-corrected chi connectivity index (χ0v) is 18.2. The second-order valence-corrected chi connectivity index (χ2v) is 9.04. The maximum absolute atomic E-state index is 12.5. The molecule has 1 aliphatic heterocycles. The summed E-state index contributed by atoms with van der Waals surface area (Å²) in [6, 6.07) is 17.8. The van der Waals surface area contributed by atoms with Gasteiger partial charge in [-0.2, -0.15) is 0 Å². The lowest BCUT2D eigenvalue weighted by molar-refractivity contribution is -0.118. The molecule has 3 heterocycles. The highest BCUT2D eigenvalue weighted by atomic mass is 32.1. The number of nitrogens with one attached hydrogen (secondary N) is 1. The molecule has 6 nitrogen and oxygen atoms in total. The Labute approximate surface area is 184 Å². The number of nitrogens with zero attached hydrogens (tertiary/aromatic N) is 3. The van der Waals surface area contributed by atoms with Crippen molar-refractivity contribution in [1.29, 1.82) is 0 Å².